The number of hydrogen-bond donors (Lipinski definition) is 2. The number of amides is 1. The van der Waals surface area contributed by atoms with Gasteiger partial charge in [-0.3, -0.25) is 9.48 Å². The molecule has 0 aliphatic heterocycles. The van der Waals surface area contributed by atoms with Crippen molar-refractivity contribution in [2.45, 2.75) is 31.7 Å². The van der Waals surface area contributed by atoms with Crippen molar-refractivity contribution in [1.82, 2.24) is 20.1 Å². The number of fused-ring (bicyclic) bond motifs is 1. The van der Waals surface area contributed by atoms with Gasteiger partial charge in [-0.2, -0.15) is 5.10 Å². The van der Waals surface area contributed by atoms with Crippen LogP contribution in [0.5, 0.6) is 0 Å². The Balaban J connectivity index is 1.85. The molecule has 7 nitrogen and oxygen atoms in total. The maximum atomic E-state index is 13.1. The molecular formula is C20H20N4O3. The third-order valence-electron chi connectivity index (χ3n) is 5.25. The molecule has 0 saturated heterocycles. The number of aliphatic carboxylic acids is 1. The van der Waals surface area contributed by atoms with Gasteiger partial charge in [0, 0.05) is 12.6 Å². The van der Waals surface area contributed by atoms with Gasteiger partial charge in [0.25, 0.3) is 5.91 Å². The summed E-state index contributed by atoms with van der Waals surface area (Å²) in [5.41, 5.74) is 2.03. The van der Waals surface area contributed by atoms with E-state index >= 15 is 0 Å². The number of aryl methyl sites for hydroxylation is 2. The van der Waals surface area contributed by atoms with E-state index in [2.05, 4.69) is 15.4 Å². The second-order valence-corrected chi connectivity index (χ2v) is 7.02. The number of nitrogens with one attached hydrogen (secondary N) is 1. The lowest BCUT2D eigenvalue weighted by atomic mass is 9.76. The molecule has 2 heterocycles. The minimum Gasteiger partial charge on any atom is -0.480 e. The number of carboxylic acid groups (broad SMARTS) is 1. The van der Waals surface area contributed by atoms with Gasteiger partial charge in [0.2, 0.25) is 0 Å². The number of nitrogens with zero attached hydrogens (tertiary/aromatic N) is 3. The fourth-order valence-corrected chi connectivity index (χ4v) is 3.59. The maximum Gasteiger partial charge on any atom is 0.329 e. The summed E-state index contributed by atoms with van der Waals surface area (Å²) in [4.78, 5) is 29.4. The average Bonchev–Trinajstić information content (AvgIpc) is 2.92. The lowest BCUT2D eigenvalue weighted by molar-refractivity contribution is -0.148. The van der Waals surface area contributed by atoms with Crippen LogP contribution in [-0.2, 0) is 11.8 Å². The smallest absolute Gasteiger partial charge is 0.329 e. The molecule has 7 heteroatoms. The molecule has 0 atom stereocenters. The first kappa shape index (κ1) is 17.2. The molecule has 1 aliphatic carbocycles. The van der Waals surface area contributed by atoms with E-state index in [0.717, 1.165) is 12.0 Å². The quantitative estimate of drug-likeness (QED) is 0.742. The Kier molecular flexibility index (Phi) is 3.95. The van der Waals surface area contributed by atoms with Gasteiger partial charge in [-0.05, 0) is 32.3 Å². The predicted molar refractivity (Wildman–Crippen MR) is 100 cm³/mol. The number of carboxylic acids is 1. The van der Waals surface area contributed by atoms with E-state index in [1.807, 2.05) is 37.3 Å². The number of carbonyl (C=O) groups excluding carboxylic acids is 1. The lowest BCUT2D eigenvalue weighted by Crippen LogP contribution is -2.59. The van der Waals surface area contributed by atoms with Gasteiger partial charge in [-0.15, -0.1) is 0 Å². The molecule has 2 N–H and O–H groups in total. The molecule has 4 rings (SSSR count). The first-order chi connectivity index (χ1) is 12.9. The molecule has 0 radical (unpaired) electrons. The van der Waals surface area contributed by atoms with E-state index in [0.29, 0.717) is 40.8 Å². The zero-order chi connectivity index (χ0) is 19.2. The Morgan fingerprint density at radius 2 is 1.93 bits per heavy atom. The van der Waals surface area contributed by atoms with E-state index < -0.39 is 17.4 Å². The van der Waals surface area contributed by atoms with Gasteiger partial charge < -0.3 is 10.4 Å². The maximum absolute atomic E-state index is 13.1. The van der Waals surface area contributed by atoms with Crippen molar-refractivity contribution in [3.63, 3.8) is 0 Å². The summed E-state index contributed by atoms with van der Waals surface area (Å²) < 4.78 is 1.64. The van der Waals surface area contributed by atoms with Crippen LogP contribution in [-0.4, -0.2) is 37.3 Å². The molecule has 27 heavy (non-hydrogen) atoms. The number of pyridine rings is 1. The summed E-state index contributed by atoms with van der Waals surface area (Å²) in [5, 5.41) is 17.3. The summed E-state index contributed by atoms with van der Waals surface area (Å²) in [6, 6.07) is 11.3. The van der Waals surface area contributed by atoms with Gasteiger partial charge in [0.1, 0.15) is 5.54 Å². The van der Waals surface area contributed by atoms with Crippen LogP contribution in [0, 0.1) is 6.92 Å². The standard InChI is InChI=1S/C20H20N4O3/c1-12-16-14(18(25)22-20(19(26)27)9-6-10-20)11-15(13-7-4-3-5-8-13)21-17(16)24(2)23-12/h3-5,7-8,11H,6,9-10H2,1-2H3,(H,22,25)(H,26,27). The lowest BCUT2D eigenvalue weighted by Gasteiger charge is -2.38. The van der Waals surface area contributed by atoms with Crippen LogP contribution in [0.2, 0.25) is 0 Å². The van der Waals surface area contributed by atoms with Crippen molar-refractivity contribution in [2.24, 2.45) is 7.05 Å². The highest BCUT2D eigenvalue weighted by Gasteiger charge is 2.46. The van der Waals surface area contributed by atoms with Crippen molar-refractivity contribution < 1.29 is 14.7 Å². The largest absolute Gasteiger partial charge is 0.480 e. The van der Waals surface area contributed by atoms with Gasteiger partial charge >= 0.3 is 5.97 Å². The minimum atomic E-state index is -1.17. The van der Waals surface area contributed by atoms with Crippen molar-refractivity contribution in [2.75, 3.05) is 0 Å². The summed E-state index contributed by atoms with van der Waals surface area (Å²) in [5.74, 6) is -1.39. The van der Waals surface area contributed by atoms with Gasteiger partial charge in [0.15, 0.2) is 5.65 Å². The fourth-order valence-electron chi connectivity index (χ4n) is 3.59. The van der Waals surface area contributed by atoms with Crippen molar-refractivity contribution in [3.8, 4) is 11.3 Å². The Labute approximate surface area is 156 Å². The molecule has 1 saturated carbocycles. The van der Waals surface area contributed by atoms with Crippen LogP contribution < -0.4 is 5.32 Å². The number of carbonyl (C=O) groups is 2. The second-order valence-electron chi connectivity index (χ2n) is 7.02. The molecule has 1 aliphatic rings. The van der Waals surface area contributed by atoms with Crippen molar-refractivity contribution in [1.29, 1.82) is 0 Å². The topological polar surface area (TPSA) is 97.1 Å². The number of hydrogen-bond acceptors (Lipinski definition) is 4. The molecule has 2 aromatic heterocycles. The van der Waals surface area contributed by atoms with E-state index in [1.54, 1.807) is 17.8 Å². The molecule has 1 amide bonds. The highest BCUT2D eigenvalue weighted by atomic mass is 16.4. The number of rotatable bonds is 4. The molecule has 3 aromatic rings. The van der Waals surface area contributed by atoms with Crippen LogP contribution in [0.15, 0.2) is 36.4 Å². The first-order valence-electron chi connectivity index (χ1n) is 8.87. The van der Waals surface area contributed by atoms with Crippen LogP contribution in [0.25, 0.3) is 22.3 Å². The van der Waals surface area contributed by atoms with E-state index in [4.69, 9.17) is 0 Å². The molecule has 1 fully saturated rings. The Morgan fingerprint density at radius 3 is 2.52 bits per heavy atom. The highest BCUT2D eigenvalue weighted by Crippen LogP contribution is 2.33. The Hall–Kier alpha value is -3.22. The Bertz CT molecular complexity index is 1050. The van der Waals surface area contributed by atoms with Gasteiger partial charge in [-0.1, -0.05) is 30.3 Å². The number of benzene rings is 1. The highest BCUT2D eigenvalue weighted by molar-refractivity contribution is 6.09. The monoisotopic (exact) mass is 364 g/mol. The van der Waals surface area contributed by atoms with Crippen molar-refractivity contribution in [3.05, 3.63) is 47.7 Å². The van der Waals surface area contributed by atoms with Crippen LogP contribution >= 0.6 is 0 Å². The third-order valence-corrected chi connectivity index (χ3v) is 5.25. The van der Waals surface area contributed by atoms with E-state index in [9.17, 15) is 14.7 Å². The summed E-state index contributed by atoms with van der Waals surface area (Å²) in [6.45, 7) is 1.82. The molecule has 1 aromatic carbocycles. The van der Waals surface area contributed by atoms with E-state index in [-0.39, 0.29) is 0 Å². The SMILES string of the molecule is Cc1nn(C)c2nc(-c3ccccc3)cc(C(=O)NC3(C(=O)O)CCC3)c12. The number of aromatic nitrogens is 3. The summed E-state index contributed by atoms with van der Waals surface area (Å²) >= 11 is 0. The first-order valence-corrected chi connectivity index (χ1v) is 8.87. The summed E-state index contributed by atoms with van der Waals surface area (Å²) in [6.07, 6.45) is 1.68. The molecule has 0 spiro atoms. The minimum absolute atomic E-state index is 0.400. The normalized spacial score (nSPS) is 15.3. The molecule has 0 unspecified atom stereocenters. The van der Waals surface area contributed by atoms with Gasteiger partial charge in [-0.25, -0.2) is 9.78 Å². The van der Waals surface area contributed by atoms with Crippen LogP contribution in [0.1, 0.15) is 35.3 Å². The average molecular weight is 364 g/mol. The molecule has 138 valence electrons. The Morgan fingerprint density at radius 1 is 1.22 bits per heavy atom. The molecule has 0 bridgehead atoms. The molecular weight excluding hydrogens is 344 g/mol. The zero-order valence-corrected chi connectivity index (χ0v) is 15.2. The summed E-state index contributed by atoms with van der Waals surface area (Å²) in [7, 11) is 1.78. The predicted octanol–water partition coefficient (Wildman–Crippen LogP) is 2.68. The van der Waals surface area contributed by atoms with Crippen LogP contribution in [0.4, 0.5) is 0 Å². The zero-order valence-electron chi connectivity index (χ0n) is 15.2. The third kappa shape index (κ3) is 2.75. The van der Waals surface area contributed by atoms with Crippen LogP contribution in [0.3, 0.4) is 0 Å². The van der Waals surface area contributed by atoms with Gasteiger partial charge in [0.05, 0.1) is 22.3 Å². The fraction of sp³-hybridized carbons (Fsp3) is 0.300. The van der Waals surface area contributed by atoms with Crippen molar-refractivity contribution >= 4 is 22.9 Å². The second kappa shape index (κ2) is 6.19. The van der Waals surface area contributed by atoms with E-state index in [1.165, 1.54) is 0 Å².